The van der Waals surface area contributed by atoms with Gasteiger partial charge in [-0.25, -0.2) is 0 Å². The van der Waals surface area contributed by atoms with E-state index in [2.05, 4.69) is 0 Å². The van der Waals surface area contributed by atoms with Crippen molar-refractivity contribution in [3.8, 4) is 0 Å². The Bertz CT molecular complexity index is 388. The number of rotatable bonds is 11. The molecule has 0 aromatic rings. The molecule has 12 nitrogen and oxygen atoms in total. The van der Waals surface area contributed by atoms with Crippen LogP contribution in [0.4, 0.5) is 0 Å². The Balaban J connectivity index is -0.000000155. The van der Waals surface area contributed by atoms with E-state index in [4.69, 9.17) is 49.1 Å². The number of carboxylic acids is 3. The number of carboxylic acid groups (broad SMARTS) is 3. The predicted molar refractivity (Wildman–Crippen MR) is 111 cm³/mol. The Kier molecular flexibility index (Phi) is 28.9. The zero-order valence-electron chi connectivity index (χ0n) is 17.7. The predicted octanol–water partition coefficient (Wildman–Crippen LogP) is -1.67. The molecule has 0 amide bonds. The summed E-state index contributed by atoms with van der Waals surface area (Å²) < 4.78 is 0. The molecule has 0 aromatic heterocycles. The Morgan fingerprint density at radius 1 is 0.690 bits per heavy atom. The highest BCUT2D eigenvalue weighted by atomic mass is 16.4. The van der Waals surface area contributed by atoms with E-state index in [1.807, 2.05) is 13.8 Å². The van der Waals surface area contributed by atoms with E-state index in [0.717, 1.165) is 7.11 Å². The Labute approximate surface area is 172 Å². The van der Waals surface area contributed by atoms with Crippen molar-refractivity contribution in [2.75, 3.05) is 20.2 Å². The molecule has 3 unspecified atom stereocenters. The standard InChI is InChI=1S/C6H13NO2.2C5H12N2O2.CH4O/c1-4(2)3-5(7)6(8)9;2*6-3-1-2-4(7)5(8)9;1-2/h4-5H,3,7H2,1-2H3,(H,8,9);2*4H,1-3,6-7H2,(H,8,9);2H,1H3. The van der Waals surface area contributed by atoms with Crippen LogP contribution in [-0.2, 0) is 14.4 Å². The van der Waals surface area contributed by atoms with E-state index in [-0.39, 0.29) is 0 Å². The van der Waals surface area contributed by atoms with Crippen molar-refractivity contribution in [2.45, 2.75) is 64.1 Å². The third-order valence-corrected chi connectivity index (χ3v) is 3.12. The van der Waals surface area contributed by atoms with Gasteiger partial charge < -0.3 is 49.1 Å². The van der Waals surface area contributed by atoms with Gasteiger partial charge in [0.05, 0.1) is 0 Å². The van der Waals surface area contributed by atoms with Crippen LogP contribution < -0.4 is 28.7 Å². The average molecular weight is 428 g/mol. The van der Waals surface area contributed by atoms with E-state index < -0.39 is 36.0 Å². The smallest absolute Gasteiger partial charge is 0.320 e. The van der Waals surface area contributed by atoms with Gasteiger partial charge in [-0.15, -0.1) is 0 Å². The highest BCUT2D eigenvalue weighted by molar-refractivity contribution is 5.73. The molecule has 0 aliphatic heterocycles. The van der Waals surface area contributed by atoms with E-state index in [1.54, 1.807) is 0 Å². The Morgan fingerprint density at radius 2 is 0.966 bits per heavy atom. The molecule has 14 N–H and O–H groups in total. The van der Waals surface area contributed by atoms with Crippen LogP contribution in [0.1, 0.15) is 46.0 Å². The van der Waals surface area contributed by atoms with Crippen molar-refractivity contribution >= 4 is 17.9 Å². The summed E-state index contributed by atoms with van der Waals surface area (Å²) in [6, 6.07) is -2.17. The maximum Gasteiger partial charge on any atom is 0.320 e. The van der Waals surface area contributed by atoms with Crippen molar-refractivity contribution in [3.05, 3.63) is 0 Å². The van der Waals surface area contributed by atoms with Crippen LogP contribution in [0.25, 0.3) is 0 Å². The summed E-state index contributed by atoms with van der Waals surface area (Å²) >= 11 is 0. The molecule has 0 aliphatic rings. The summed E-state index contributed by atoms with van der Waals surface area (Å²) in [5.74, 6) is -2.47. The van der Waals surface area contributed by atoms with Crippen molar-refractivity contribution in [2.24, 2.45) is 34.6 Å². The first-order valence-corrected chi connectivity index (χ1v) is 9.20. The summed E-state index contributed by atoms with van der Waals surface area (Å²) in [5.41, 5.74) is 25.8. The fourth-order valence-corrected chi connectivity index (χ4v) is 1.53. The van der Waals surface area contributed by atoms with Gasteiger partial charge in [0, 0.05) is 7.11 Å². The normalized spacial score (nSPS) is 12.6. The van der Waals surface area contributed by atoms with Crippen LogP contribution >= 0.6 is 0 Å². The molecule has 29 heavy (non-hydrogen) atoms. The monoisotopic (exact) mass is 427 g/mol. The maximum atomic E-state index is 10.1. The zero-order valence-corrected chi connectivity index (χ0v) is 17.7. The van der Waals surface area contributed by atoms with Crippen LogP contribution in [-0.4, -0.2) is 76.7 Å². The second-order valence-electron chi connectivity index (χ2n) is 6.33. The molecule has 0 aromatic carbocycles. The number of aliphatic hydroxyl groups excluding tert-OH is 1. The molecule has 0 bridgehead atoms. The van der Waals surface area contributed by atoms with Gasteiger partial charge in [0.15, 0.2) is 0 Å². The minimum absolute atomic E-state index is 0.357. The molecule has 0 spiro atoms. The summed E-state index contributed by atoms with van der Waals surface area (Å²) in [6.07, 6.45) is 2.83. The minimum Gasteiger partial charge on any atom is -0.480 e. The average Bonchev–Trinajstić information content (AvgIpc) is 2.65. The lowest BCUT2D eigenvalue weighted by molar-refractivity contribution is -0.139. The van der Waals surface area contributed by atoms with E-state index in [9.17, 15) is 14.4 Å². The molecular formula is C17H41N5O7. The second-order valence-corrected chi connectivity index (χ2v) is 6.33. The van der Waals surface area contributed by atoms with Crippen molar-refractivity contribution in [1.29, 1.82) is 0 Å². The van der Waals surface area contributed by atoms with Gasteiger partial charge in [-0.05, 0) is 51.1 Å². The van der Waals surface area contributed by atoms with Crippen molar-refractivity contribution in [1.82, 2.24) is 0 Å². The Morgan fingerprint density at radius 3 is 1.10 bits per heavy atom. The summed E-state index contributed by atoms with van der Waals surface area (Å²) in [4.78, 5) is 30.2. The van der Waals surface area contributed by atoms with Gasteiger partial charge >= 0.3 is 17.9 Å². The van der Waals surface area contributed by atoms with Gasteiger partial charge in [0.2, 0.25) is 0 Å². The summed E-state index contributed by atoms with van der Waals surface area (Å²) in [6.45, 7) is 4.90. The number of hydrogen-bond acceptors (Lipinski definition) is 9. The van der Waals surface area contributed by atoms with E-state index >= 15 is 0 Å². The molecule has 0 heterocycles. The first-order chi connectivity index (χ1) is 13.4. The third-order valence-electron chi connectivity index (χ3n) is 3.12. The lowest BCUT2D eigenvalue weighted by Crippen LogP contribution is -2.31. The molecule has 0 saturated heterocycles. The third kappa shape index (κ3) is 31.1. The lowest BCUT2D eigenvalue weighted by Gasteiger charge is -2.07. The fourth-order valence-electron chi connectivity index (χ4n) is 1.53. The maximum absolute atomic E-state index is 10.1. The first kappa shape index (κ1) is 34.7. The van der Waals surface area contributed by atoms with Crippen LogP contribution in [0.3, 0.4) is 0 Å². The van der Waals surface area contributed by atoms with Crippen LogP contribution in [0, 0.1) is 5.92 Å². The van der Waals surface area contributed by atoms with Gasteiger partial charge in [-0.2, -0.15) is 0 Å². The minimum atomic E-state index is -0.955. The van der Waals surface area contributed by atoms with Gasteiger partial charge in [0.1, 0.15) is 18.1 Å². The van der Waals surface area contributed by atoms with Crippen LogP contribution in [0.15, 0.2) is 0 Å². The number of aliphatic hydroxyl groups is 1. The van der Waals surface area contributed by atoms with Gasteiger partial charge in [0.25, 0.3) is 0 Å². The van der Waals surface area contributed by atoms with Crippen molar-refractivity contribution in [3.63, 3.8) is 0 Å². The zero-order chi connectivity index (χ0) is 24.0. The molecule has 3 atom stereocenters. The number of carbonyl (C=O) groups is 3. The second kappa shape index (κ2) is 24.2. The summed E-state index contributed by atoms with van der Waals surface area (Å²) in [5, 5.41) is 31.8. The quantitative estimate of drug-likeness (QED) is 0.179. The topological polar surface area (TPSA) is 262 Å². The molecule has 0 saturated carbocycles. The highest BCUT2D eigenvalue weighted by Gasteiger charge is 2.12. The van der Waals surface area contributed by atoms with E-state index in [1.165, 1.54) is 0 Å². The van der Waals surface area contributed by atoms with Crippen molar-refractivity contribution < 1.29 is 34.8 Å². The molecule has 0 radical (unpaired) electrons. The molecule has 0 fully saturated rings. The van der Waals surface area contributed by atoms with E-state index in [0.29, 0.717) is 51.1 Å². The highest BCUT2D eigenvalue weighted by Crippen LogP contribution is 2.01. The summed E-state index contributed by atoms with van der Waals surface area (Å²) in [7, 11) is 1.00. The number of hydrogen-bond donors (Lipinski definition) is 9. The lowest BCUT2D eigenvalue weighted by atomic mass is 10.1. The van der Waals surface area contributed by atoms with Gasteiger partial charge in [-0.3, -0.25) is 14.4 Å². The SMILES string of the molecule is CC(C)CC(N)C(=O)O.CO.NCCCC(N)C(=O)O.NCCCC(N)C(=O)O. The van der Waals surface area contributed by atoms with Crippen LogP contribution in [0.5, 0.6) is 0 Å². The Hall–Kier alpha value is -1.83. The largest absolute Gasteiger partial charge is 0.480 e. The number of nitrogens with two attached hydrogens (primary N) is 5. The first-order valence-electron chi connectivity index (χ1n) is 9.20. The molecule has 12 heteroatoms. The molecule has 176 valence electrons. The van der Waals surface area contributed by atoms with Crippen LogP contribution in [0.2, 0.25) is 0 Å². The fraction of sp³-hybridized carbons (Fsp3) is 0.824. The molecule has 0 rings (SSSR count). The molecular weight excluding hydrogens is 386 g/mol. The number of aliphatic carboxylic acids is 3. The van der Waals surface area contributed by atoms with Gasteiger partial charge in [-0.1, -0.05) is 13.8 Å². The molecule has 0 aliphatic carbocycles.